The predicted molar refractivity (Wildman–Crippen MR) is 80.3 cm³/mol. The van der Waals surface area contributed by atoms with Crippen LogP contribution in [0.1, 0.15) is 23.7 Å². The molecule has 6 heteroatoms. The van der Waals surface area contributed by atoms with Gasteiger partial charge in [-0.25, -0.2) is 4.79 Å². The fourth-order valence-corrected chi connectivity index (χ4v) is 1.81. The van der Waals surface area contributed by atoms with Crippen molar-refractivity contribution in [1.29, 1.82) is 0 Å². The molecule has 1 atom stereocenters. The molecule has 0 saturated carbocycles. The number of Topliss-reactive ketones (excluding diaryl/α,β-unsaturated/α-hetero) is 1. The highest BCUT2D eigenvalue weighted by Crippen LogP contribution is 2.22. The van der Waals surface area contributed by atoms with E-state index in [9.17, 15) is 9.59 Å². The average Bonchev–Trinajstić information content (AvgIpc) is 2.52. The molecule has 0 aliphatic rings. The summed E-state index contributed by atoms with van der Waals surface area (Å²) in [5, 5.41) is 0. The molecule has 0 bridgehead atoms. The normalized spacial score (nSPS) is 11.2. The van der Waals surface area contributed by atoms with Crippen molar-refractivity contribution in [3.8, 4) is 0 Å². The third-order valence-corrected chi connectivity index (χ3v) is 2.98. The van der Waals surface area contributed by atoms with E-state index in [-0.39, 0.29) is 13.0 Å². The SMILES string of the molecule is C=CCO[C@H](CC(=O)C(=[N+]=[N-])C(=O)OC)c1ccc(C)cc1. The van der Waals surface area contributed by atoms with Gasteiger partial charge in [-0.2, -0.15) is 4.79 Å². The Morgan fingerprint density at radius 2 is 2.00 bits per heavy atom. The Morgan fingerprint density at radius 1 is 1.36 bits per heavy atom. The van der Waals surface area contributed by atoms with Crippen LogP contribution in [0.25, 0.3) is 5.53 Å². The van der Waals surface area contributed by atoms with E-state index in [1.807, 2.05) is 31.2 Å². The first-order chi connectivity index (χ1) is 10.5. The lowest BCUT2D eigenvalue weighted by Gasteiger charge is -2.16. The number of carbonyl (C=O) groups excluding carboxylic acids is 2. The van der Waals surface area contributed by atoms with Crippen LogP contribution in [0.2, 0.25) is 0 Å². The number of nitrogens with zero attached hydrogens (tertiary/aromatic N) is 2. The molecule has 1 rings (SSSR count). The second-order valence-corrected chi connectivity index (χ2v) is 4.59. The summed E-state index contributed by atoms with van der Waals surface area (Å²) in [6.45, 7) is 5.76. The third-order valence-electron chi connectivity index (χ3n) is 2.98. The standard InChI is InChI=1S/C16H18N2O4/c1-4-9-22-14(12-7-5-11(2)6-8-12)10-13(19)15(18-17)16(20)21-3/h4-8,14H,1,9-10H2,2-3H3/t14-/m1/s1. The van der Waals surface area contributed by atoms with Crippen molar-refractivity contribution in [3.63, 3.8) is 0 Å². The van der Waals surface area contributed by atoms with Gasteiger partial charge >= 0.3 is 11.7 Å². The van der Waals surface area contributed by atoms with E-state index in [1.54, 1.807) is 6.08 Å². The van der Waals surface area contributed by atoms with Gasteiger partial charge in [0, 0.05) is 6.42 Å². The van der Waals surface area contributed by atoms with E-state index in [2.05, 4.69) is 16.1 Å². The maximum absolute atomic E-state index is 12.1. The molecule has 0 aliphatic heterocycles. The van der Waals surface area contributed by atoms with Crippen LogP contribution in [0.4, 0.5) is 0 Å². The minimum absolute atomic E-state index is 0.147. The van der Waals surface area contributed by atoms with Gasteiger partial charge in [0.15, 0.2) is 0 Å². The van der Waals surface area contributed by atoms with Crippen LogP contribution in [0.15, 0.2) is 36.9 Å². The first-order valence-electron chi connectivity index (χ1n) is 6.66. The van der Waals surface area contributed by atoms with Crippen molar-refractivity contribution in [2.75, 3.05) is 13.7 Å². The second-order valence-electron chi connectivity index (χ2n) is 4.59. The van der Waals surface area contributed by atoms with Crippen molar-refractivity contribution in [3.05, 3.63) is 53.6 Å². The number of methoxy groups -OCH3 is 1. The number of benzene rings is 1. The van der Waals surface area contributed by atoms with E-state index in [0.717, 1.165) is 18.2 Å². The molecule has 0 unspecified atom stereocenters. The fourth-order valence-electron chi connectivity index (χ4n) is 1.81. The van der Waals surface area contributed by atoms with Crippen LogP contribution in [0, 0.1) is 6.92 Å². The third kappa shape index (κ3) is 4.77. The van der Waals surface area contributed by atoms with Gasteiger partial charge in [0.2, 0.25) is 0 Å². The van der Waals surface area contributed by atoms with E-state index in [4.69, 9.17) is 10.3 Å². The van der Waals surface area contributed by atoms with Gasteiger partial charge in [0.1, 0.15) is 0 Å². The van der Waals surface area contributed by atoms with Crippen molar-refractivity contribution >= 4 is 17.5 Å². The molecule has 0 amide bonds. The first kappa shape index (κ1) is 17.5. The highest BCUT2D eigenvalue weighted by Gasteiger charge is 2.32. The van der Waals surface area contributed by atoms with Gasteiger partial charge in [0.05, 0.1) is 19.8 Å². The molecule has 116 valence electrons. The first-order valence-corrected chi connectivity index (χ1v) is 6.66. The van der Waals surface area contributed by atoms with Crippen LogP contribution >= 0.6 is 0 Å². The summed E-state index contributed by atoms with van der Waals surface area (Å²) in [4.78, 5) is 26.2. The molecule has 0 spiro atoms. The van der Waals surface area contributed by atoms with Crippen LogP contribution < -0.4 is 0 Å². The smallest absolute Gasteiger partial charge is 0.441 e. The number of hydrogen-bond donors (Lipinski definition) is 0. The summed E-state index contributed by atoms with van der Waals surface area (Å²) in [6, 6.07) is 7.46. The maximum atomic E-state index is 12.1. The van der Waals surface area contributed by atoms with Gasteiger partial charge < -0.3 is 15.0 Å². The number of hydrogen-bond acceptors (Lipinski definition) is 4. The lowest BCUT2D eigenvalue weighted by atomic mass is 10.0. The molecule has 22 heavy (non-hydrogen) atoms. The number of esters is 1. The van der Waals surface area contributed by atoms with Crippen molar-refractivity contribution in [2.24, 2.45) is 0 Å². The molecule has 0 aliphatic carbocycles. The zero-order valence-corrected chi connectivity index (χ0v) is 12.6. The van der Waals surface area contributed by atoms with Gasteiger partial charge in [-0.3, -0.25) is 4.79 Å². The molecular weight excluding hydrogens is 284 g/mol. The van der Waals surface area contributed by atoms with E-state index in [0.29, 0.717) is 0 Å². The quantitative estimate of drug-likeness (QED) is 0.183. The summed E-state index contributed by atoms with van der Waals surface area (Å²) < 4.78 is 9.97. The fraction of sp³-hybridized carbons (Fsp3) is 0.312. The Morgan fingerprint density at radius 3 is 2.50 bits per heavy atom. The Labute approximate surface area is 129 Å². The Kier molecular flexibility index (Phi) is 6.89. The number of ketones is 1. The van der Waals surface area contributed by atoms with Crippen LogP contribution in [-0.4, -0.2) is 36.0 Å². The van der Waals surface area contributed by atoms with Crippen molar-refractivity contribution < 1.29 is 23.9 Å². The second kappa shape index (κ2) is 8.67. The molecule has 0 saturated heterocycles. The van der Waals surface area contributed by atoms with Crippen molar-refractivity contribution in [2.45, 2.75) is 19.4 Å². The Bertz CT molecular complexity index is 601. The lowest BCUT2D eigenvalue weighted by Crippen LogP contribution is -2.28. The van der Waals surface area contributed by atoms with Gasteiger partial charge in [-0.15, -0.1) is 6.58 Å². The highest BCUT2D eigenvalue weighted by molar-refractivity contribution is 6.62. The predicted octanol–water partition coefficient (Wildman–Crippen LogP) is 2.04. The molecular formula is C16H18N2O4. The molecule has 0 aromatic heterocycles. The topological polar surface area (TPSA) is 89.0 Å². The minimum Gasteiger partial charge on any atom is -0.460 e. The van der Waals surface area contributed by atoms with Crippen LogP contribution in [0.3, 0.4) is 0 Å². The molecule has 1 aromatic rings. The zero-order valence-electron chi connectivity index (χ0n) is 12.6. The summed E-state index contributed by atoms with van der Waals surface area (Å²) in [5.41, 5.74) is 10.0. The summed E-state index contributed by atoms with van der Waals surface area (Å²) >= 11 is 0. The van der Waals surface area contributed by atoms with E-state index >= 15 is 0 Å². The molecule has 1 aromatic carbocycles. The van der Waals surface area contributed by atoms with Gasteiger partial charge in [-0.05, 0) is 12.5 Å². The maximum Gasteiger partial charge on any atom is 0.441 e. The molecule has 0 heterocycles. The highest BCUT2D eigenvalue weighted by atomic mass is 16.5. The average molecular weight is 302 g/mol. The Balaban J connectivity index is 2.96. The van der Waals surface area contributed by atoms with Crippen LogP contribution in [0.5, 0.6) is 0 Å². The van der Waals surface area contributed by atoms with Crippen LogP contribution in [-0.2, 0) is 19.1 Å². The van der Waals surface area contributed by atoms with Gasteiger partial charge in [0.25, 0.3) is 5.78 Å². The minimum atomic E-state index is -0.987. The molecule has 6 nitrogen and oxygen atoms in total. The molecule has 0 fully saturated rings. The summed E-state index contributed by atoms with van der Waals surface area (Å²) in [6.07, 6.45) is 0.839. The largest absolute Gasteiger partial charge is 0.460 e. The lowest BCUT2D eigenvalue weighted by molar-refractivity contribution is -0.140. The summed E-state index contributed by atoms with van der Waals surface area (Å²) in [7, 11) is 1.10. The van der Waals surface area contributed by atoms with E-state index < -0.39 is 23.6 Å². The number of rotatable bonds is 8. The van der Waals surface area contributed by atoms with E-state index in [1.165, 1.54) is 0 Å². The number of carbonyl (C=O) groups is 2. The van der Waals surface area contributed by atoms with Crippen molar-refractivity contribution in [1.82, 2.24) is 0 Å². The number of aryl methyl sites for hydroxylation is 1. The number of ether oxygens (including phenoxy) is 2. The molecule has 0 N–H and O–H groups in total. The monoisotopic (exact) mass is 302 g/mol. The zero-order chi connectivity index (χ0) is 16.5. The Hall–Kier alpha value is -2.56. The summed E-state index contributed by atoms with van der Waals surface area (Å²) in [5.74, 6) is -1.65. The molecule has 0 radical (unpaired) electrons. The van der Waals surface area contributed by atoms with Gasteiger partial charge in [-0.1, -0.05) is 35.9 Å².